The first-order chi connectivity index (χ1) is 20.9. The molecule has 12 heteroatoms. The number of carbonyl (C=O) groups is 2. The number of aromatic nitrogens is 3. The molecule has 3 aliphatic rings. The smallest absolute Gasteiger partial charge is 0.254 e. The molecule has 11 nitrogen and oxygen atoms in total. The van der Waals surface area contributed by atoms with Crippen LogP contribution in [0, 0.1) is 0 Å². The molecule has 2 atom stereocenters. The van der Waals surface area contributed by atoms with Gasteiger partial charge in [-0.3, -0.25) is 9.59 Å². The maximum absolute atomic E-state index is 13.4. The topological polar surface area (TPSA) is 125 Å². The molecule has 2 saturated heterocycles. The summed E-state index contributed by atoms with van der Waals surface area (Å²) in [4.78, 5) is 44.1. The largest absolute Gasteiger partial charge is 0.381 e. The van der Waals surface area contributed by atoms with E-state index in [-0.39, 0.29) is 30.4 Å². The van der Waals surface area contributed by atoms with Crippen molar-refractivity contribution in [3.63, 3.8) is 0 Å². The fourth-order valence-electron chi connectivity index (χ4n) is 5.86. The lowest BCUT2D eigenvalue weighted by Crippen LogP contribution is -2.50. The van der Waals surface area contributed by atoms with Crippen molar-refractivity contribution >= 4 is 35.2 Å². The van der Waals surface area contributed by atoms with Gasteiger partial charge in [-0.2, -0.15) is 0 Å². The van der Waals surface area contributed by atoms with Gasteiger partial charge in [0.25, 0.3) is 5.91 Å². The van der Waals surface area contributed by atoms with Crippen LogP contribution in [0.3, 0.4) is 0 Å². The fourth-order valence-corrected chi connectivity index (χ4v) is 6.06. The Kier molecular flexibility index (Phi) is 8.73. The van der Waals surface area contributed by atoms with E-state index < -0.39 is 0 Å². The zero-order valence-corrected chi connectivity index (χ0v) is 25.2. The minimum Gasteiger partial charge on any atom is -0.381 e. The Morgan fingerprint density at radius 2 is 2.05 bits per heavy atom. The van der Waals surface area contributed by atoms with Crippen molar-refractivity contribution in [1.29, 1.82) is 0 Å². The number of pyridine rings is 1. The zero-order chi connectivity index (χ0) is 29.9. The van der Waals surface area contributed by atoms with Gasteiger partial charge in [-0.15, -0.1) is 0 Å². The molecule has 0 aliphatic carbocycles. The highest BCUT2D eigenvalue weighted by Crippen LogP contribution is 2.32. The number of carbonyl (C=O) groups excluding carboxylic acids is 2. The molecule has 0 spiro atoms. The quantitative estimate of drug-likeness (QED) is 0.355. The van der Waals surface area contributed by atoms with Crippen LogP contribution in [0.15, 0.2) is 42.6 Å². The van der Waals surface area contributed by atoms with Gasteiger partial charge in [0.2, 0.25) is 11.9 Å². The van der Waals surface area contributed by atoms with Crippen LogP contribution >= 0.6 is 11.6 Å². The highest BCUT2D eigenvalue weighted by Gasteiger charge is 2.30. The van der Waals surface area contributed by atoms with Crippen LogP contribution in [0.4, 0.5) is 11.8 Å². The third kappa shape index (κ3) is 6.58. The Morgan fingerprint density at radius 1 is 1.21 bits per heavy atom. The molecular formula is C31H37ClN8O3. The maximum Gasteiger partial charge on any atom is 0.254 e. The number of ether oxygens (including phenoxy) is 1. The molecule has 2 fully saturated rings. The molecule has 43 heavy (non-hydrogen) atoms. The van der Waals surface area contributed by atoms with Crippen molar-refractivity contribution in [3.05, 3.63) is 64.4 Å². The van der Waals surface area contributed by atoms with E-state index in [0.29, 0.717) is 48.0 Å². The molecule has 5 heterocycles. The van der Waals surface area contributed by atoms with Crippen LogP contribution in [-0.2, 0) is 16.1 Å². The minimum atomic E-state index is -0.304. The second-order valence-corrected chi connectivity index (χ2v) is 11.8. The number of hydrogen-bond donors (Lipinski definition) is 3. The number of benzene rings is 1. The van der Waals surface area contributed by atoms with E-state index in [1.807, 2.05) is 37.3 Å². The van der Waals surface area contributed by atoms with Gasteiger partial charge < -0.3 is 30.5 Å². The van der Waals surface area contributed by atoms with Crippen molar-refractivity contribution in [2.45, 2.75) is 51.4 Å². The summed E-state index contributed by atoms with van der Waals surface area (Å²) in [7, 11) is 0. The zero-order valence-electron chi connectivity index (χ0n) is 24.5. The number of anilines is 2. The van der Waals surface area contributed by atoms with Gasteiger partial charge in [-0.25, -0.2) is 15.0 Å². The van der Waals surface area contributed by atoms with Gasteiger partial charge in [-0.05, 0) is 50.5 Å². The molecule has 2 aromatic heterocycles. The summed E-state index contributed by atoms with van der Waals surface area (Å²) in [6.07, 6.45) is 3.35. The van der Waals surface area contributed by atoms with Gasteiger partial charge in [0.1, 0.15) is 12.4 Å². The number of rotatable bonds is 8. The first kappa shape index (κ1) is 29.3. The van der Waals surface area contributed by atoms with E-state index in [2.05, 4.69) is 37.7 Å². The van der Waals surface area contributed by atoms with E-state index >= 15 is 0 Å². The van der Waals surface area contributed by atoms with Crippen molar-refractivity contribution in [1.82, 2.24) is 30.5 Å². The van der Waals surface area contributed by atoms with Crippen LogP contribution in [0.2, 0.25) is 5.02 Å². The van der Waals surface area contributed by atoms with E-state index in [1.54, 1.807) is 17.2 Å². The molecule has 226 valence electrons. The number of nitrogens with one attached hydrogen (secondary N) is 3. The molecule has 3 N–H and O–H groups in total. The first-order valence-electron chi connectivity index (χ1n) is 14.9. The summed E-state index contributed by atoms with van der Waals surface area (Å²) in [6.45, 7) is 8.52. The van der Waals surface area contributed by atoms with Crippen LogP contribution in [0.1, 0.15) is 54.3 Å². The predicted molar refractivity (Wildman–Crippen MR) is 165 cm³/mol. The monoisotopic (exact) mass is 604 g/mol. The van der Waals surface area contributed by atoms with Gasteiger partial charge in [0.15, 0.2) is 0 Å². The Morgan fingerprint density at radius 3 is 2.86 bits per heavy atom. The molecule has 0 saturated carbocycles. The highest BCUT2D eigenvalue weighted by atomic mass is 35.5. The molecule has 2 amide bonds. The van der Waals surface area contributed by atoms with Crippen LogP contribution in [-0.4, -0.2) is 83.1 Å². The lowest BCUT2D eigenvalue weighted by atomic mass is 10.0. The van der Waals surface area contributed by atoms with E-state index in [4.69, 9.17) is 21.3 Å². The lowest BCUT2D eigenvalue weighted by Gasteiger charge is -2.35. The van der Waals surface area contributed by atoms with Crippen LogP contribution < -0.4 is 20.9 Å². The summed E-state index contributed by atoms with van der Waals surface area (Å²) < 4.78 is 5.43. The average Bonchev–Trinajstić information content (AvgIpc) is 3.32. The van der Waals surface area contributed by atoms with Crippen LogP contribution in [0.25, 0.3) is 11.3 Å². The summed E-state index contributed by atoms with van der Waals surface area (Å²) in [5.74, 6) is 0.967. The molecule has 0 bridgehead atoms. The molecule has 3 aromatic rings. The normalized spacial score (nSPS) is 19.7. The number of halogens is 1. The average molecular weight is 605 g/mol. The molecule has 6 rings (SSSR count). The van der Waals surface area contributed by atoms with Gasteiger partial charge in [0, 0.05) is 62.6 Å². The molecule has 3 aliphatic heterocycles. The Balaban J connectivity index is 1.10. The standard InChI is InChI=1S/C31H37ClN8O3/c1-19-15-33-10-11-40(19)27-5-3-4-26(37-27)20(2)35-28(41)18-39-17-22-7-6-21(14-24(22)30(39)42)29-25(32)16-34-31(38-29)36-23-8-12-43-13-9-23/h3-7,14,16,19-20,23,33H,8-13,15,17-18H2,1-2H3,(H,35,41)(H,34,36,38)/t19?,20-/m1/s1. The second kappa shape index (κ2) is 12.8. The van der Waals surface area contributed by atoms with E-state index in [9.17, 15) is 9.59 Å². The number of piperazine rings is 1. The molecule has 0 radical (unpaired) electrons. The number of hydrogen-bond acceptors (Lipinski definition) is 9. The van der Waals surface area contributed by atoms with Gasteiger partial charge in [-0.1, -0.05) is 29.8 Å². The van der Waals surface area contributed by atoms with Crippen molar-refractivity contribution in [2.24, 2.45) is 0 Å². The third-order valence-electron chi connectivity index (χ3n) is 8.27. The summed E-state index contributed by atoms with van der Waals surface area (Å²) in [6, 6.07) is 11.8. The Bertz CT molecular complexity index is 1500. The predicted octanol–water partition coefficient (Wildman–Crippen LogP) is 3.41. The maximum atomic E-state index is 13.4. The molecule has 1 unspecified atom stereocenters. The fraction of sp³-hybridized carbons (Fsp3) is 0.452. The molecule has 1 aromatic carbocycles. The molecular weight excluding hydrogens is 568 g/mol. The van der Waals surface area contributed by atoms with Gasteiger partial charge >= 0.3 is 0 Å². The van der Waals surface area contributed by atoms with Crippen molar-refractivity contribution < 1.29 is 14.3 Å². The number of nitrogens with zero attached hydrogens (tertiary/aromatic N) is 5. The van der Waals surface area contributed by atoms with Crippen molar-refractivity contribution in [3.8, 4) is 11.3 Å². The summed E-state index contributed by atoms with van der Waals surface area (Å²) in [5.41, 5.74) is 3.46. The second-order valence-electron chi connectivity index (χ2n) is 11.4. The van der Waals surface area contributed by atoms with E-state index in [1.165, 1.54) is 0 Å². The van der Waals surface area contributed by atoms with E-state index in [0.717, 1.165) is 55.1 Å². The highest BCUT2D eigenvalue weighted by molar-refractivity contribution is 6.33. The summed E-state index contributed by atoms with van der Waals surface area (Å²) in [5, 5.41) is 10.2. The SMILES string of the molecule is CC1CNCCN1c1cccc([C@@H](C)NC(=O)CN2Cc3ccc(-c4nc(NC5CCOCC5)ncc4Cl)cc3C2=O)n1. The number of fused-ring (bicyclic) bond motifs is 1. The first-order valence-corrected chi connectivity index (χ1v) is 15.3. The van der Waals surface area contributed by atoms with Crippen LogP contribution in [0.5, 0.6) is 0 Å². The minimum absolute atomic E-state index is 0.0465. The van der Waals surface area contributed by atoms with Crippen molar-refractivity contribution in [2.75, 3.05) is 49.6 Å². The lowest BCUT2D eigenvalue weighted by molar-refractivity contribution is -0.122. The summed E-state index contributed by atoms with van der Waals surface area (Å²) >= 11 is 6.49. The Labute approximate surface area is 256 Å². The van der Waals surface area contributed by atoms with Gasteiger partial charge in [0.05, 0.1) is 28.6 Å². The Hall–Kier alpha value is -3.80. The third-order valence-corrected chi connectivity index (χ3v) is 8.54. The number of amides is 2.